The first-order valence-electron chi connectivity index (χ1n) is 4.48. The van der Waals surface area contributed by atoms with E-state index < -0.39 is 4.92 Å². The molecule has 7 nitrogen and oxygen atoms in total. The normalized spacial score (nSPS) is 12.5. The third-order valence-electron chi connectivity index (χ3n) is 2.32. The number of anilines is 1. The average Bonchev–Trinajstić information content (AvgIpc) is 2.58. The van der Waals surface area contributed by atoms with E-state index in [1.807, 2.05) is 0 Å². The van der Waals surface area contributed by atoms with Crippen molar-refractivity contribution in [3.8, 4) is 0 Å². The molecule has 1 aromatic heterocycles. The van der Waals surface area contributed by atoms with E-state index >= 15 is 0 Å². The second kappa shape index (κ2) is 4.26. The monoisotopic (exact) mass is 214 g/mol. The van der Waals surface area contributed by atoms with Gasteiger partial charge in [0.05, 0.1) is 12.6 Å². The highest BCUT2D eigenvalue weighted by Crippen LogP contribution is 2.25. The molecule has 0 amide bonds. The smallest absolute Gasteiger partial charge is 0.394 e. The van der Waals surface area contributed by atoms with Crippen molar-refractivity contribution in [3.63, 3.8) is 0 Å². The fourth-order valence-corrected chi connectivity index (χ4v) is 1.28. The van der Waals surface area contributed by atoms with Crippen molar-refractivity contribution in [1.29, 1.82) is 0 Å². The van der Waals surface area contributed by atoms with Crippen LogP contribution in [0, 0.1) is 10.1 Å². The number of likely N-dealkylation sites (N-methyl/N-ethyl adjacent to an activating group) is 1. The second-order valence-electron chi connectivity index (χ2n) is 3.40. The molecular weight excluding hydrogens is 200 g/mol. The van der Waals surface area contributed by atoms with Gasteiger partial charge in [-0.2, -0.15) is 0 Å². The van der Waals surface area contributed by atoms with Gasteiger partial charge >= 0.3 is 5.82 Å². The van der Waals surface area contributed by atoms with E-state index in [-0.39, 0.29) is 18.5 Å². The van der Waals surface area contributed by atoms with Gasteiger partial charge in [0.2, 0.25) is 12.1 Å². The number of aliphatic hydroxyl groups excluding tert-OH is 1. The van der Waals surface area contributed by atoms with Crippen molar-refractivity contribution < 1.29 is 10.0 Å². The van der Waals surface area contributed by atoms with Crippen molar-refractivity contribution >= 4 is 11.6 Å². The molecule has 0 radical (unpaired) electrons. The second-order valence-corrected chi connectivity index (χ2v) is 3.40. The van der Waals surface area contributed by atoms with Crippen LogP contribution in [0.1, 0.15) is 6.92 Å². The van der Waals surface area contributed by atoms with Crippen LogP contribution in [-0.4, -0.2) is 39.3 Å². The Labute approximate surface area is 87.1 Å². The number of aryl methyl sites for hydroxylation is 1. The van der Waals surface area contributed by atoms with Crippen molar-refractivity contribution in [2.45, 2.75) is 13.0 Å². The topological polar surface area (TPSA) is 84.4 Å². The van der Waals surface area contributed by atoms with Gasteiger partial charge in [-0.3, -0.25) is 4.57 Å². The molecular formula is C8H14N4O3. The fraction of sp³-hybridized carbons (Fsp3) is 0.625. The van der Waals surface area contributed by atoms with Gasteiger partial charge in [-0.05, 0) is 16.8 Å². The predicted molar refractivity (Wildman–Crippen MR) is 54.8 cm³/mol. The Morgan fingerprint density at radius 3 is 2.87 bits per heavy atom. The number of hydrogen-bond acceptors (Lipinski definition) is 5. The summed E-state index contributed by atoms with van der Waals surface area (Å²) >= 11 is 0. The Hall–Kier alpha value is -1.63. The summed E-state index contributed by atoms with van der Waals surface area (Å²) in [6.07, 6.45) is 1.38. The Morgan fingerprint density at radius 1 is 1.80 bits per heavy atom. The lowest BCUT2D eigenvalue weighted by atomic mass is 10.3. The summed E-state index contributed by atoms with van der Waals surface area (Å²) < 4.78 is 1.56. The van der Waals surface area contributed by atoms with Gasteiger partial charge in [0.25, 0.3) is 0 Å². The Bertz CT molecular complexity index is 363. The molecule has 0 aromatic carbocycles. The minimum atomic E-state index is -0.532. The van der Waals surface area contributed by atoms with Gasteiger partial charge < -0.3 is 20.1 Å². The molecule has 0 aliphatic rings. The van der Waals surface area contributed by atoms with Gasteiger partial charge in [0.15, 0.2) is 0 Å². The fourth-order valence-electron chi connectivity index (χ4n) is 1.28. The zero-order chi connectivity index (χ0) is 11.6. The molecule has 1 N–H and O–H groups in total. The summed E-state index contributed by atoms with van der Waals surface area (Å²) in [6.45, 7) is 1.70. The number of nitrogens with zero attached hydrogens (tertiary/aromatic N) is 4. The first-order chi connectivity index (χ1) is 6.99. The molecule has 1 heterocycles. The van der Waals surface area contributed by atoms with Gasteiger partial charge in [-0.1, -0.05) is 0 Å². The minimum Gasteiger partial charge on any atom is -0.394 e. The van der Waals surface area contributed by atoms with Crippen LogP contribution in [0.3, 0.4) is 0 Å². The minimum absolute atomic E-state index is 0.0706. The van der Waals surface area contributed by atoms with E-state index in [1.165, 1.54) is 6.33 Å². The van der Waals surface area contributed by atoms with Crippen LogP contribution in [0.25, 0.3) is 0 Å². The van der Waals surface area contributed by atoms with Crippen molar-refractivity contribution in [2.75, 3.05) is 18.6 Å². The molecule has 0 spiro atoms. The number of aromatic nitrogens is 2. The third-order valence-corrected chi connectivity index (χ3v) is 2.32. The molecule has 1 aromatic rings. The molecule has 0 aliphatic heterocycles. The van der Waals surface area contributed by atoms with Gasteiger partial charge in [0, 0.05) is 14.1 Å². The number of rotatable bonds is 4. The SMILES string of the molecule is CC(CO)N(C)c1c([N+](=O)[O-])ncn1C. The highest BCUT2D eigenvalue weighted by atomic mass is 16.6. The molecule has 15 heavy (non-hydrogen) atoms. The highest BCUT2D eigenvalue weighted by molar-refractivity contribution is 5.54. The molecule has 84 valence electrons. The van der Waals surface area contributed by atoms with Crippen molar-refractivity contribution in [2.24, 2.45) is 7.05 Å². The molecule has 1 rings (SSSR count). The Morgan fingerprint density at radius 2 is 2.40 bits per heavy atom. The summed E-state index contributed by atoms with van der Waals surface area (Å²) in [5, 5.41) is 19.7. The van der Waals surface area contributed by atoms with E-state index in [9.17, 15) is 10.1 Å². The maximum absolute atomic E-state index is 10.7. The van der Waals surface area contributed by atoms with E-state index in [4.69, 9.17) is 5.11 Å². The van der Waals surface area contributed by atoms with Crippen LogP contribution in [0.2, 0.25) is 0 Å². The molecule has 0 fully saturated rings. The number of hydrogen-bond donors (Lipinski definition) is 1. The summed E-state index contributed by atoms with van der Waals surface area (Å²) in [5.74, 6) is 0.196. The van der Waals surface area contributed by atoms with E-state index in [0.717, 1.165) is 0 Å². The zero-order valence-electron chi connectivity index (χ0n) is 8.91. The number of nitro groups is 1. The van der Waals surface area contributed by atoms with Crippen molar-refractivity contribution in [3.05, 3.63) is 16.4 Å². The van der Waals surface area contributed by atoms with Crippen LogP contribution in [0.5, 0.6) is 0 Å². The molecule has 0 saturated carbocycles. The van der Waals surface area contributed by atoms with Crippen LogP contribution >= 0.6 is 0 Å². The Balaban J connectivity index is 3.11. The first kappa shape index (κ1) is 11.4. The highest BCUT2D eigenvalue weighted by Gasteiger charge is 2.25. The largest absolute Gasteiger partial charge is 0.406 e. The van der Waals surface area contributed by atoms with Gasteiger partial charge in [0.1, 0.15) is 0 Å². The standard InChI is InChI=1S/C8H14N4O3/c1-6(4-13)11(3)8-7(12(14)15)9-5-10(8)2/h5-6,13H,4H2,1-3H3. The van der Waals surface area contributed by atoms with Crippen LogP contribution in [-0.2, 0) is 7.05 Å². The summed E-state index contributed by atoms with van der Waals surface area (Å²) in [5.41, 5.74) is 0. The first-order valence-corrected chi connectivity index (χ1v) is 4.48. The molecule has 0 bridgehead atoms. The number of aliphatic hydroxyl groups is 1. The number of imidazole rings is 1. The lowest BCUT2D eigenvalue weighted by Gasteiger charge is -2.23. The Kier molecular flexibility index (Phi) is 3.25. The summed E-state index contributed by atoms with van der Waals surface area (Å²) in [7, 11) is 3.36. The maximum atomic E-state index is 10.7. The van der Waals surface area contributed by atoms with Gasteiger partial charge in [-0.25, -0.2) is 0 Å². The van der Waals surface area contributed by atoms with E-state index in [2.05, 4.69) is 4.98 Å². The van der Waals surface area contributed by atoms with Crippen LogP contribution < -0.4 is 4.90 Å². The van der Waals surface area contributed by atoms with Gasteiger partial charge in [-0.15, -0.1) is 0 Å². The molecule has 1 atom stereocenters. The lowest BCUT2D eigenvalue weighted by Crippen LogP contribution is -2.33. The van der Waals surface area contributed by atoms with E-state index in [1.54, 1.807) is 30.5 Å². The zero-order valence-corrected chi connectivity index (χ0v) is 8.91. The average molecular weight is 214 g/mol. The third kappa shape index (κ3) is 2.07. The van der Waals surface area contributed by atoms with Crippen LogP contribution in [0.4, 0.5) is 11.6 Å². The lowest BCUT2D eigenvalue weighted by molar-refractivity contribution is -0.388. The predicted octanol–water partition coefficient (Wildman–Crippen LogP) is 0.145. The molecule has 7 heteroatoms. The summed E-state index contributed by atoms with van der Waals surface area (Å²) in [4.78, 5) is 15.5. The van der Waals surface area contributed by atoms with E-state index in [0.29, 0.717) is 5.82 Å². The van der Waals surface area contributed by atoms with Crippen LogP contribution in [0.15, 0.2) is 6.33 Å². The molecule has 0 aliphatic carbocycles. The van der Waals surface area contributed by atoms with Crippen molar-refractivity contribution in [1.82, 2.24) is 9.55 Å². The maximum Gasteiger partial charge on any atom is 0.406 e. The summed E-state index contributed by atoms with van der Waals surface area (Å²) in [6, 6.07) is -0.195. The molecule has 0 saturated heterocycles. The molecule has 1 unspecified atom stereocenters. The quantitative estimate of drug-likeness (QED) is 0.569.